The van der Waals surface area contributed by atoms with Crippen molar-refractivity contribution in [2.75, 3.05) is 7.11 Å². The molecule has 1 rings (SSSR count). The van der Waals surface area contributed by atoms with Crippen molar-refractivity contribution < 1.29 is 9.53 Å². The number of ether oxygens (including phenoxy) is 1. The first kappa shape index (κ1) is 10.4. The first-order valence-corrected chi connectivity index (χ1v) is 5.26. The summed E-state index contributed by atoms with van der Waals surface area (Å²) >= 11 is 1.56. The lowest BCUT2D eigenvalue weighted by molar-refractivity contribution is -0.129. The number of hydrogen-bond acceptors (Lipinski definition) is 3. The van der Waals surface area contributed by atoms with E-state index in [-0.39, 0.29) is 11.9 Å². The molecule has 3 heteroatoms. The molecule has 0 saturated heterocycles. The van der Waals surface area contributed by atoms with Gasteiger partial charge in [0.25, 0.3) is 0 Å². The first-order valence-electron chi connectivity index (χ1n) is 4.38. The van der Waals surface area contributed by atoms with Crippen LogP contribution in [0.5, 0.6) is 0 Å². The maximum Gasteiger partial charge on any atom is 0.166 e. The Morgan fingerprint density at radius 3 is 2.92 bits per heavy atom. The zero-order chi connectivity index (χ0) is 9.68. The summed E-state index contributed by atoms with van der Waals surface area (Å²) in [6.07, 6.45) is 1.13. The number of thiophene rings is 1. The number of hydrogen-bond donors (Lipinski definition) is 0. The van der Waals surface area contributed by atoms with E-state index in [4.69, 9.17) is 4.74 Å². The van der Waals surface area contributed by atoms with E-state index in [2.05, 4.69) is 0 Å². The molecule has 72 valence electrons. The molecule has 0 N–H and O–H groups in total. The summed E-state index contributed by atoms with van der Waals surface area (Å²) in [4.78, 5) is 12.6. The topological polar surface area (TPSA) is 26.3 Å². The Labute approximate surface area is 82.5 Å². The van der Waals surface area contributed by atoms with Gasteiger partial charge in [-0.05, 0) is 17.9 Å². The average Bonchev–Trinajstić information content (AvgIpc) is 2.59. The monoisotopic (exact) mass is 198 g/mol. The van der Waals surface area contributed by atoms with Gasteiger partial charge in [-0.3, -0.25) is 4.79 Å². The van der Waals surface area contributed by atoms with Crippen molar-refractivity contribution in [3.8, 4) is 0 Å². The van der Waals surface area contributed by atoms with Crippen molar-refractivity contribution in [3.05, 3.63) is 22.4 Å². The van der Waals surface area contributed by atoms with Crippen LogP contribution in [0.1, 0.15) is 30.7 Å². The molecule has 1 atom stereocenters. The molecule has 0 aliphatic carbocycles. The van der Waals surface area contributed by atoms with Crippen LogP contribution in [0, 0.1) is 0 Å². The summed E-state index contributed by atoms with van der Waals surface area (Å²) in [7, 11) is 1.58. The van der Waals surface area contributed by atoms with Gasteiger partial charge < -0.3 is 4.74 Å². The van der Waals surface area contributed by atoms with E-state index in [0.29, 0.717) is 6.42 Å². The van der Waals surface area contributed by atoms with Gasteiger partial charge in [-0.15, -0.1) is 11.3 Å². The molecule has 1 heterocycles. The van der Waals surface area contributed by atoms with Crippen molar-refractivity contribution in [1.82, 2.24) is 0 Å². The highest BCUT2D eigenvalue weighted by molar-refractivity contribution is 7.10. The van der Waals surface area contributed by atoms with Crippen molar-refractivity contribution in [1.29, 1.82) is 0 Å². The van der Waals surface area contributed by atoms with Crippen LogP contribution in [0.15, 0.2) is 17.5 Å². The maximum absolute atomic E-state index is 11.6. The van der Waals surface area contributed by atoms with Crippen LogP contribution in [0.2, 0.25) is 0 Å². The predicted molar refractivity (Wildman–Crippen MR) is 54.0 cm³/mol. The Balaban J connectivity index is 2.68. The molecule has 0 spiro atoms. The van der Waals surface area contributed by atoms with Gasteiger partial charge in [-0.1, -0.05) is 13.0 Å². The van der Waals surface area contributed by atoms with Gasteiger partial charge in [-0.25, -0.2) is 0 Å². The fraction of sp³-hybridized carbons (Fsp3) is 0.500. The van der Waals surface area contributed by atoms with Crippen LogP contribution in [0.3, 0.4) is 0 Å². The molecule has 1 aromatic rings. The molecule has 0 amide bonds. The summed E-state index contributed by atoms with van der Waals surface area (Å²) in [6, 6.07) is 3.87. The van der Waals surface area contributed by atoms with E-state index in [0.717, 1.165) is 11.3 Å². The Kier molecular flexibility index (Phi) is 4.12. The quantitative estimate of drug-likeness (QED) is 0.727. The third-order valence-electron chi connectivity index (χ3n) is 1.83. The Hall–Kier alpha value is -0.670. The van der Waals surface area contributed by atoms with E-state index >= 15 is 0 Å². The molecule has 13 heavy (non-hydrogen) atoms. The molecule has 0 radical (unpaired) electrons. The van der Waals surface area contributed by atoms with Crippen LogP contribution in [-0.2, 0) is 9.53 Å². The Morgan fingerprint density at radius 1 is 1.69 bits per heavy atom. The second-order valence-corrected chi connectivity index (χ2v) is 3.83. The van der Waals surface area contributed by atoms with Crippen molar-refractivity contribution in [2.24, 2.45) is 0 Å². The summed E-state index contributed by atoms with van der Waals surface area (Å²) in [5.41, 5.74) is 0. The summed E-state index contributed by atoms with van der Waals surface area (Å²) in [5, 5.41) is 1.96. The fourth-order valence-electron chi connectivity index (χ4n) is 1.22. The SMILES string of the molecule is CCCC(=O)C(OC)c1cccs1. The fourth-order valence-corrected chi connectivity index (χ4v) is 2.05. The van der Waals surface area contributed by atoms with E-state index in [1.807, 2.05) is 24.4 Å². The van der Waals surface area contributed by atoms with Gasteiger partial charge in [0.1, 0.15) is 6.10 Å². The van der Waals surface area contributed by atoms with Gasteiger partial charge in [-0.2, -0.15) is 0 Å². The van der Waals surface area contributed by atoms with E-state index in [1.165, 1.54) is 0 Å². The average molecular weight is 198 g/mol. The molecular formula is C10H14O2S. The number of Topliss-reactive ketones (excluding diaryl/α,β-unsaturated/α-hetero) is 1. The minimum absolute atomic E-state index is 0.174. The number of carbonyl (C=O) groups excluding carboxylic acids is 1. The second-order valence-electron chi connectivity index (χ2n) is 2.85. The first-order chi connectivity index (χ1) is 6.29. The van der Waals surface area contributed by atoms with Gasteiger partial charge >= 0.3 is 0 Å². The molecule has 1 unspecified atom stereocenters. The standard InChI is InChI=1S/C10H14O2S/c1-3-5-8(11)10(12-2)9-6-4-7-13-9/h4,6-7,10H,3,5H2,1-2H3. The highest BCUT2D eigenvalue weighted by Gasteiger charge is 2.19. The third-order valence-corrected chi connectivity index (χ3v) is 2.74. The molecule has 0 saturated carbocycles. The van der Waals surface area contributed by atoms with Crippen molar-refractivity contribution >= 4 is 17.1 Å². The molecular weight excluding hydrogens is 184 g/mol. The van der Waals surface area contributed by atoms with Gasteiger partial charge in [0, 0.05) is 18.4 Å². The largest absolute Gasteiger partial charge is 0.368 e. The molecule has 0 bridgehead atoms. The van der Waals surface area contributed by atoms with E-state index < -0.39 is 0 Å². The highest BCUT2D eigenvalue weighted by Crippen LogP contribution is 2.23. The number of carbonyl (C=O) groups is 1. The molecule has 2 nitrogen and oxygen atoms in total. The smallest absolute Gasteiger partial charge is 0.166 e. The molecule has 0 aliphatic rings. The van der Waals surface area contributed by atoms with Crippen molar-refractivity contribution in [2.45, 2.75) is 25.9 Å². The van der Waals surface area contributed by atoms with Crippen LogP contribution in [-0.4, -0.2) is 12.9 Å². The Bertz CT molecular complexity index is 254. The number of ketones is 1. The normalized spacial score (nSPS) is 12.8. The summed E-state index contributed by atoms with van der Waals surface area (Å²) < 4.78 is 5.17. The third kappa shape index (κ3) is 2.64. The van der Waals surface area contributed by atoms with Crippen LogP contribution < -0.4 is 0 Å². The van der Waals surface area contributed by atoms with E-state index in [9.17, 15) is 4.79 Å². The lowest BCUT2D eigenvalue weighted by atomic mass is 10.1. The predicted octanol–water partition coefficient (Wildman–Crippen LogP) is 2.80. The zero-order valence-corrected chi connectivity index (χ0v) is 8.76. The van der Waals surface area contributed by atoms with Crippen LogP contribution >= 0.6 is 11.3 Å². The maximum atomic E-state index is 11.6. The minimum atomic E-state index is -0.347. The van der Waals surface area contributed by atoms with Gasteiger partial charge in [0.05, 0.1) is 0 Å². The second kappa shape index (κ2) is 5.14. The number of rotatable bonds is 5. The molecule has 0 fully saturated rings. The van der Waals surface area contributed by atoms with Crippen LogP contribution in [0.25, 0.3) is 0 Å². The van der Waals surface area contributed by atoms with Crippen LogP contribution in [0.4, 0.5) is 0 Å². The minimum Gasteiger partial charge on any atom is -0.368 e. The molecule has 0 aliphatic heterocycles. The van der Waals surface area contributed by atoms with Gasteiger partial charge in [0.15, 0.2) is 5.78 Å². The lowest BCUT2D eigenvalue weighted by Gasteiger charge is -2.11. The Morgan fingerprint density at radius 2 is 2.46 bits per heavy atom. The van der Waals surface area contributed by atoms with E-state index in [1.54, 1.807) is 18.4 Å². The molecule has 1 aromatic heterocycles. The summed E-state index contributed by atoms with van der Waals surface area (Å²) in [5.74, 6) is 0.174. The lowest BCUT2D eigenvalue weighted by Crippen LogP contribution is -2.12. The summed E-state index contributed by atoms with van der Waals surface area (Å²) in [6.45, 7) is 2.00. The zero-order valence-electron chi connectivity index (χ0n) is 7.95. The molecule has 0 aromatic carbocycles. The van der Waals surface area contributed by atoms with Crippen molar-refractivity contribution in [3.63, 3.8) is 0 Å². The van der Waals surface area contributed by atoms with Gasteiger partial charge in [0.2, 0.25) is 0 Å². The highest BCUT2D eigenvalue weighted by atomic mass is 32.1. The number of methoxy groups -OCH3 is 1.